The van der Waals surface area contributed by atoms with E-state index in [1.165, 1.54) is 0 Å². The second-order valence-electron chi connectivity index (χ2n) is 7.59. The number of hydrogen-bond acceptors (Lipinski definition) is 4. The molecule has 0 aromatic heterocycles. The van der Waals surface area contributed by atoms with Gasteiger partial charge in [-0.3, -0.25) is 20.4 Å². The molecule has 6 heteroatoms. The van der Waals surface area contributed by atoms with E-state index in [0.29, 0.717) is 17.4 Å². The second-order valence-corrected chi connectivity index (χ2v) is 7.59. The van der Waals surface area contributed by atoms with Gasteiger partial charge in [0.2, 0.25) is 0 Å². The van der Waals surface area contributed by atoms with Gasteiger partial charge in [-0.2, -0.15) is 0 Å². The molecular formula is C24H32N2O4. The van der Waals surface area contributed by atoms with E-state index in [4.69, 9.17) is 9.47 Å². The first kappa shape index (κ1) is 23.3. The Bertz CT molecular complexity index is 881. The van der Waals surface area contributed by atoms with Crippen molar-refractivity contribution in [2.75, 3.05) is 0 Å². The summed E-state index contributed by atoms with van der Waals surface area (Å²) in [5.74, 6) is 0.701. The summed E-state index contributed by atoms with van der Waals surface area (Å²) in [6, 6.07) is 13.3. The number of carbonyl (C=O) groups excluding carboxylic acids is 2. The van der Waals surface area contributed by atoms with Crippen molar-refractivity contribution in [3.63, 3.8) is 0 Å². The maximum atomic E-state index is 12.4. The first-order valence-corrected chi connectivity index (χ1v) is 10.3. The highest BCUT2D eigenvalue weighted by atomic mass is 16.5. The van der Waals surface area contributed by atoms with E-state index in [2.05, 4.69) is 24.7 Å². The van der Waals surface area contributed by atoms with Crippen molar-refractivity contribution in [3.05, 3.63) is 59.2 Å². The standard InChI is InChI=1S/C24H32N2O4/c1-7-15(2)21-10-8-9-11-22(21)30-19(6)24(28)26-25-23(27)18(5)29-20-13-12-16(3)17(4)14-20/h8-15,18-19H,7H2,1-6H3,(H,25,27)(H,26,28). The molecule has 0 aliphatic carbocycles. The monoisotopic (exact) mass is 412 g/mol. The summed E-state index contributed by atoms with van der Waals surface area (Å²) in [7, 11) is 0. The van der Waals surface area contributed by atoms with E-state index >= 15 is 0 Å². The molecule has 0 spiro atoms. The molecule has 0 aliphatic rings. The number of benzene rings is 2. The highest BCUT2D eigenvalue weighted by Gasteiger charge is 2.20. The van der Waals surface area contributed by atoms with Crippen molar-refractivity contribution in [2.24, 2.45) is 0 Å². The number of rotatable bonds is 8. The number of hydrazine groups is 1. The Balaban J connectivity index is 1.88. The van der Waals surface area contributed by atoms with Gasteiger partial charge in [-0.15, -0.1) is 0 Å². The van der Waals surface area contributed by atoms with Crippen LogP contribution in [-0.2, 0) is 9.59 Å². The summed E-state index contributed by atoms with van der Waals surface area (Å²) in [5, 5.41) is 0. The molecule has 162 valence electrons. The van der Waals surface area contributed by atoms with Crippen LogP contribution in [0.2, 0.25) is 0 Å². The molecule has 0 saturated carbocycles. The van der Waals surface area contributed by atoms with E-state index in [1.54, 1.807) is 13.8 Å². The smallest absolute Gasteiger partial charge is 0.279 e. The summed E-state index contributed by atoms with van der Waals surface area (Å²) >= 11 is 0. The fourth-order valence-electron chi connectivity index (χ4n) is 2.83. The van der Waals surface area contributed by atoms with Crippen molar-refractivity contribution in [2.45, 2.75) is 66.1 Å². The van der Waals surface area contributed by atoms with Gasteiger partial charge in [0, 0.05) is 0 Å². The van der Waals surface area contributed by atoms with Crippen LogP contribution >= 0.6 is 0 Å². The molecule has 2 N–H and O–H groups in total. The third-order valence-corrected chi connectivity index (χ3v) is 5.20. The highest BCUT2D eigenvalue weighted by molar-refractivity contribution is 5.86. The minimum atomic E-state index is -0.772. The maximum absolute atomic E-state index is 12.4. The number of nitrogens with one attached hydrogen (secondary N) is 2. The summed E-state index contributed by atoms with van der Waals surface area (Å²) in [4.78, 5) is 24.6. The average molecular weight is 413 g/mol. The molecule has 2 rings (SSSR count). The molecule has 2 aromatic rings. The first-order chi connectivity index (χ1) is 14.2. The lowest BCUT2D eigenvalue weighted by Gasteiger charge is -2.20. The predicted molar refractivity (Wildman–Crippen MR) is 118 cm³/mol. The zero-order valence-corrected chi connectivity index (χ0v) is 18.6. The van der Waals surface area contributed by atoms with Gasteiger partial charge in [0.15, 0.2) is 12.2 Å². The molecule has 2 aromatic carbocycles. The summed E-state index contributed by atoms with van der Waals surface area (Å²) < 4.78 is 11.5. The number of para-hydroxylation sites is 1. The van der Waals surface area contributed by atoms with Gasteiger partial charge in [0.25, 0.3) is 11.8 Å². The zero-order valence-electron chi connectivity index (χ0n) is 18.6. The normalized spacial score (nSPS) is 13.7. The molecular weight excluding hydrogens is 380 g/mol. The van der Waals surface area contributed by atoms with E-state index in [9.17, 15) is 9.59 Å². The lowest BCUT2D eigenvalue weighted by Crippen LogP contribution is -2.50. The van der Waals surface area contributed by atoms with Crippen molar-refractivity contribution in [1.82, 2.24) is 10.9 Å². The van der Waals surface area contributed by atoms with Crippen LogP contribution in [0.15, 0.2) is 42.5 Å². The average Bonchev–Trinajstić information content (AvgIpc) is 2.74. The van der Waals surface area contributed by atoms with Crippen LogP contribution in [0.25, 0.3) is 0 Å². The van der Waals surface area contributed by atoms with Gasteiger partial charge in [-0.25, -0.2) is 0 Å². The van der Waals surface area contributed by atoms with Gasteiger partial charge in [-0.05, 0) is 74.9 Å². The third-order valence-electron chi connectivity index (χ3n) is 5.20. The Morgan fingerprint density at radius 1 is 0.867 bits per heavy atom. The van der Waals surface area contributed by atoms with E-state index in [-0.39, 0.29) is 0 Å². The zero-order chi connectivity index (χ0) is 22.3. The molecule has 0 fully saturated rings. The van der Waals surface area contributed by atoms with Crippen molar-refractivity contribution >= 4 is 11.8 Å². The molecule has 2 amide bonds. The van der Waals surface area contributed by atoms with Crippen molar-refractivity contribution in [1.29, 1.82) is 0 Å². The van der Waals surface area contributed by atoms with Crippen LogP contribution in [0.5, 0.6) is 11.5 Å². The Labute approximate surface area is 178 Å². The second kappa shape index (κ2) is 10.7. The van der Waals surface area contributed by atoms with E-state index < -0.39 is 24.0 Å². The number of ether oxygens (including phenoxy) is 2. The molecule has 3 unspecified atom stereocenters. The van der Waals surface area contributed by atoms with Gasteiger partial charge >= 0.3 is 0 Å². The molecule has 6 nitrogen and oxygen atoms in total. The molecule has 0 saturated heterocycles. The molecule has 0 bridgehead atoms. The number of hydrogen-bond donors (Lipinski definition) is 2. The Morgan fingerprint density at radius 2 is 1.47 bits per heavy atom. The minimum absolute atomic E-state index is 0.319. The van der Waals surface area contributed by atoms with Gasteiger partial charge in [0.1, 0.15) is 11.5 Å². The Morgan fingerprint density at radius 3 is 2.07 bits per heavy atom. The van der Waals surface area contributed by atoms with Crippen LogP contribution in [0, 0.1) is 13.8 Å². The summed E-state index contributed by atoms with van der Waals surface area (Å²) in [5.41, 5.74) is 8.09. The highest BCUT2D eigenvalue weighted by Crippen LogP contribution is 2.29. The minimum Gasteiger partial charge on any atom is -0.481 e. The van der Waals surface area contributed by atoms with Gasteiger partial charge < -0.3 is 9.47 Å². The topological polar surface area (TPSA) is 76.7 Å². The predicted octanol–water partition coefficient (Wildman–Crippen LogP) is 4.20. The number of aryl methyl sites for hydroxylation is 2. The molecule has 30 heavy (non-hydrogen) atoms. The van der Waals surface area contributed by atoms with Crippen LogP contribution in [0.3, 0.4) is 0 Å². The SMILES string of the molecule is CCC(C)c1ccccc1OC(C)C(=O)NNC(=O)C(C)Oc1ccc(C)c(C)c1. The van der Waals surface area contributed by atoms with Crippen LogP contribution in [0.4, 0.5) is 0 Å². The fourth-order valence-corrected chi connectivity index (χ4v) is 2.83. The summed E-state index contributed by atoms with van der Waals surface area (Å²) in [6.45, 7) is 11.5. The van der Waals surface area contributed by atoms with Crippen LogP contribution in [0.1, 0.15) is 56.7 Å². The molecule has 0 heterocycles. The third kappa shape index (κ3) is 6.24. The number of amides is 2. The quantitative estimate of drug-likeness (QED) is 0.637. The fraction of sp³-hybridized carbons (Fsp3) is 0.417. The molecule has 3 atom stereocenters. The largest absolute Gasteiger partial charge is 0.481 e. The number of carbonyl (C=O) groups is 2. The molecule has 0 aliphatic heterocycles. The lowest BCUT2D eigenvalue weighted by molar-refractivity contribution is -0.135. The Hall–Kier alpha value is -3.02. The molecule has 0 radical (unpaired) electrons. The Kier molecular flexibility index (Phi) is 8.27. The van der Waals surface area contributed by atoms with Gasteiger partial charge in [0.05, 0.1) is 0 Å². The van der Waals surface area contributed by atoms with E-state index in [1.807, 2.05) is 56.3 Å². The first-order valence-electron chi connectivity index (χ1n) is 10.3. The lowest BCUT2D eigenvalue weighted by atomic mass is 9.98. The summed E-state index contributed by atoms with van der Waals surface area (Å²) in [6.07, 6.45) is -0.573. The van der Waals surface area contributed by atoms with Crippen molar-refractivity contribution < 1.29 is 19.1 Å². The van der Waals surface area contributed by atoms with Gasteiger partial charge in [-0.1, -0.05) is 38.1 Å². The van der Waals surface area contributed by atoms with Crippen LogP contribution < -0.4 is 20.3 Å². The maximum Gasteiger partial charge on any atom is 0.279 e. The van der Waals surface area contributed by atoms with E-state index in [0.717, 1.165) is 23.1 Å². The van der Waals surface area contributed by atoms with Crippen LogP contribution in [-0.4, -0.2) is 24.0 Å². The van der Waals surface area contributed by atoms with Crippen molar-refractivity contribution in [3.8, 4) is 11.5 Å².